The predicted octanol–water partition coefficient (Wildman–Crippen LogP) is 2.77. The normalized spacial score (nSPS) is 20.5. The minimum absolute atomic E-state index is 0.0414. The number of pyridine rings is 1. The van der Waals surface area contributed by atoms with Crippen molar-refractivity contribution in [3.63, 3.8) is 0 Å². The molecule has 1 aromatic heterocycles. The molecule has 0 amide bonds. The van der Waals surface area contributed by atoms with E-state index in [0.717, 1.165) is 25.7 Å². The number of rotatable bonds is 8. The number of para-hydroxylation sites is 1. The van der Waals surface area contributed by atoms with Crippen LogP contribution in [0.5, 0.6) is 11.6 Å². The van der Waals surface area contributed by atoms with Crippen LogP contribution in [0.25, 0.3) is 0 Å². The molecule has 0 saturated heterocycles. The maximum Gasteiger partial charge on any atom is 0.215 e. The van der Waals surface area contributed by atoms with Crippen molar-refractivity contribution in [2.45, 2.75) is 37.8 Å². The third kappa shape index (κ3) is 6.00. The minimum Gasteiger partial charge on any atom is -0.492 e. The maximum absolute atomic E-state index is 12.2. The predicted molar refractivity (Wildman–Crippen MR) is 99.8 cm³/mol. The molecule has 3 rings (SSSR count). The van der Waals surface area contributed by atoms with Gasteiger partial charge in [0.15, 0.2) is 0 Å². The molecule has 1 aromatic carbocycles. The minimum atomic E-state index is -3.36. The highest BCUT2D eigenvalue weighted by Crippen LogP contribution is 2.23. The molecule has 0 bridgehead atoms. The highest BCUT2D eigenvalue weighted by molar-refractivity contribution is 7.89. The van der Waals surface area contributed by atoms with Crippen LogP contribution in [-0.2, 0) is 10.0 Å². The molecule has 1 aliphatic carbocycles. The first-order valence-electron chi connectivity index (χ1n) is 8.86. The summed E-state index contributed by atoms with van der Waals surface area (Å²) >= 11 is 0. The molecule has 6 nitrogen and oxygen atoms in total. The van der Waals surface area contributed by atoms with E-state index in [1.807, 2.05) is 48.5 Å². The molecule has 7 heteroatoms. The Morgan fingerprint density at radius 2 is 1.73 bits per heavy atom. The van der Waals surface area contributed by atoms with Gasteiger partial charge in [0.25, 0.3) is 0 Å². The van der Waals surface area contributed by atoms with Crippen LogP contribution in [0.15, 0.2) is 54.7 Å². The molecule has 1 saturated carbocycles. The van der Waals surface area contributed by atoms with Crippen molar-refractivity contribution in [1.29, 1.82) is 0 Å². The number of nitrogens with zero attached hydrogens (tertiary/aromatic N) is 1. The van der Waals surface area contributed by atoms with E-state index in [9.17, 15) is 8.42 Å². The lowest BCUT2D eigenvalue weighted by Crippen LogP contribution is -2.41. The molecular formula is C19H24N2O4S. The topological polar surface area (TPSA) is 77.5 Å². The summed E-state index contributed by atoms with van der Waals surface area (Å²) in [4.78, 5) is 4.16. The van der Waals surface area contributed by atoms with Gasteiger partial charge in [0.05, 0.1) is 5.75 Å². The SMILES string of the molecule is O=S(=O)(CCOc1ccccc1)NC1CCC(Oc2ccccn2)CC1. The van der Waals surface area contributed by atoms with Gasteiger partial charge in [0.1, 0.15) is 18.5 Å². The van der Waals surface area contributed by atoms with E-state index >= 15 is 0 Å². The van der Waals surface area contributed by atoms with Crippen molar-refractivity contribution in [2.24, 2.45) is 0 Å². The average Bonchev–Trinajstić information content (AvgIpc) is 2.65. The van der Waals surface area contributed by atoms with E-state index in [1.54, 1.807) is 6.20 Å². The van der Waals surface area contributed by atoms with Crippen molar-refractivity contribution in [3.8, 4) is 11.6 Å². The first-order valence-corrected chi connectivity index (χ1v) is 10.5. The van der Waals surface area contributed by atoms with Gasteiger partial charge in [0, 0.05) is 18.3 Å². The van der Waals surface area contributed by atoms with E-state index < -0.39 is 10.0 Å². The molecule has 26 heavy (non-hydrogen) atoms. The lowest BCUT2D eigenvalue weighted by Gasteiger charge is -2.29. The third-order valence-corrected chi connectivity index (χ3v) is 5.71. The monoisotopic (exact) mass is 376 g/mol. The van der Waals surface area contributed by atoms with Crippen molar-refractivity contribution in [3.05, 3.63) is 54.7 Å². The fourth-order valence-corrected chi connectivity index (χ4v) is 4.15. The number of aromatic nitrogens is 1. The van der Waals surface area contributed by atoms with E-state index in [-0.39, 0.29) is 24.5 Å². The molecule has 140 valence electrons. The summed E-state index contributed by atoms with van der Waals surface area (Å²) in [7, 11) is -3.36. The Hall–Kier alpha value is -2.12. The van der Waals surface area contributed by atoms with Gasteiger partial charge in [-0.1, -0.05) is 24.3 Å². The summed E-state index contributed by atoms with van der Waals surface area (Å²) in [5, 5.41) is 0. The van der Waals surface area contributed by atoms with Gasteiger partial charge in [-0.2, -0.15) is 0 Å². The van der Waals surface area contributed by atoms with Crippen molar-refractivity contribution >= 4 is 10.0 Å². The number of sulfonamides is 1. The van der Waals surface area contributed by atoms with Crippen LogP contribution in [0.1, 0.15) is 25.7 Å². The van der Waals surface area contributed by atoms with Crippen molar-refractivity contribution in [1.82, 2.24) is 9.71 Å². The molecule has 0 radical (unpaired) electrons. The number of ether oxygens (including phenoxy) is 2. The smallest absolute Gasteiger partial charge is 0.215 e. The van der Waals surface area contributed by atoms with Gasteiger partial charge in [-0.15, -0.1) is 0 Å². The number of hydrogen-bond donors (Lipinski definition) is 1. The Bertz CT molecular complexity index is 761. The fourth-order valence-electron chi connectivity index (χ4n) is 2.98. The Kier molecular flexibility index (Phi) is 6.46. The van der Waals surface area contributed by atoms with Crippen LogP contribution < -0.4 is 14.2 Å². The van der Waals surface area contributed by atoms with Gasteiger partial charge >= 0.3 is 0 Å². The first-order chi connectivity index (χ1) is 12.6. The van der Waals surface area contributed by atoms with Crippen LogP contribution in [0.2, 0.25) is 0 Å². The van der Waals surface area contributed by atoms with Gasteiger partial charge in [-0.3, -0.25) is 0 Å². The molecule has 0 spiro atoms. The second-order valence-electron chi connectivity index (χ2n) is 6.36. The summed E-state index contributed by atoms with van der Waals surface area (Å²) in [6, 6.07) is 14.7. The molecule has 0 unspecified atom stereocenters. The van der Waals surface area contributed by atoms with Gasteiger partial charge in [0.2, 0.25) is 15.9 Å². The summed E-state index contributed by atoms with van der Waals surface area (Å²) < 4.78 is 38.6. The molecule has 0 atom stereocenters. The zero-order valence-corrected chi connectivity index (χ0v) is 15.4. The summed E-state index contributed by atoms with van der Waals surface area (Å²) in [6.07, 6.45) is 4.93. The van der Waals surface area contributed by atoms with Crippen LogP contribution in [0.4, 0.5) is 0 Å². The number of hydrogen-bond acceptors (Lipinski definition) is 5. The van der Waals surface area contributed by atoms with Gasteiger partial charge in [-0.05, 0) is 43.9 Å². The quantitative estimate of drug-likeness (QED) is 0.766. The van der Waals surface area contributed by atoms with E-state index in [1.165, 1.54) is 0 Å². The molecule has 1 aliphatic rings. The van der Waals surface area contributed by atoms with Crippen molar-refractivity contribution < 1.29 is 17.9 Å². The van der Waals surface area contributed by atoms with Gasteiger partial charge < -0.3 is 9.47 Å². The molecule has 1 heterocycles. The second kappa shape index (κ2) is 9.00. The highest BCUT2D eigenvalue weighted by Gasteiger charge is 2.26. The van der Waals surface area contributed by atoms with Crippen LogP contribution in [-0.4, -0.2) is 37.9 Å². The van der Waals surface area contributed by atoms with Gasteiger partial charge in [-0.25, -0.2) is 18.1 Å². The Morgan fingerprint density at radius 3 is 2.42 bits per heavy atom. The third-order valence-electron chi connectivity index (χ3n) is 4.31. The van der Waals surface area contributed by atoms with Crippen LogP contribution in [0.3, 0.4) is 0 Å². The second-order valence-corrected chi connectivity index (χ2v) is 8.23. The summed E-state index contributed by atoms with van der Waals surface area (Å²) in [5.41, 5.74) is 0. The molecule has 1 fully saturated rings. The summed E-state index contributed by atoms with van der Waals surface area (Å²) in [6.45, 7) is 0.136. The zero-order valence-electron chi connectivity index (χ0n) is 14.6. The van der Waals surface area contributed by atoms with E-state index in [0.29, 0.717) is 11.6 Å². The Morgan fingerprint density at radius 1 is 1.00 bits per heavy atom. The van der Waals surface area contributed by atoms with E-state index in [4.69, 9.17) is 9.47 Å². The maximum atomic E-state index is 12.2. The van der Waals surface area contributed by atoms with Crippen LogP contribution >= 0.6 is 0 Å². The fraction of sp³-hybridized carbons (Fsp3) is 0.421. The number of benzene rings is 1. The standard InChI is InChI=1S/C19H24N2O4S/c22-26(23,15-14-24-17-6-2-1-3-7-17)21-16-9-11-18(12-10-16)25-19-8-4-5-13-20-19/h1-8,13,16,18,21H,9-12,14-15H2. The summed E-state index contributed by atoms with van der Waals surface area (Å²) in [5.74, 6) is 1.25. The molecule has 2 aromatic rings. The average molecular weight is 376 g/mol. The first kappa shape index (κ1) is 18.7. The largest absolute Gasteiger partial charge is 0.492 e. The highest BCUT2D eigenvalue weighted by atomic mass is 32.2. The molecule has 1 N–H and O–H groups in total. The lowest BCUT2D eigenvalue weighted by atomic mass is 9.94. The molecular weight excluding hydrogens is 352 g/mol. The molecule has 0 aliphatic heterocycles. The Balaban J connectivity index is 1.39. The van der Waals surface area contributed by atoms with Crippen LogP contribution in [0, 0.1) is 0 Å². The lowest BCUT2D eigenvalue weighted by molar-refractivity contribution is 0.138. The van der Waals surface area contributed by atoms with Crippen molar-refractivity contribution in [2.75, 3.05) is 12.4 Å². The number of nitrogens with one attached hydrogen (secondary N) is 1. The van der Waals surface area contributed by atoms with E-state index in [2.05, 4.69) is 9.71 Å². The Labute approximate surface area is 154 Å². The zero-order chi connectivity index (χ0) is 18.2.